The second kappa shape index (κ2) is 14.4. The average Bonchev–Trinajstić information content (AvgIpc) is 2.99. The second-order valence-corrected chi connectivity index (χ2v) is 14.0. The van der Waals surface area contributed by atoms with Gasteiger partial charge in [0.2, 0.25) is 0 Å². The van der Waals surface area contributed by atoms with E-state index in [1.54, 1.807) is 20.8 Å². The van der Waals surface area contributed by atoms with Gasteiger partial charge in [0.25, 0.3) is 0 Å². The average molecular weight is 689 g/mol. The first-order valence-electron chi connectivity index (χ1n) is 14.6. The van der Waals surface area contributed by atoms with Crippen LogP contribution < -0.4 is 10.6 Å². The minimum absolute atomic E-state index is 0.00465. The van der Waals surface area contributed by atoms with Crippen molar-refractivity contribution in [1.82, 2.24) is 9.80 Å². The number of nitrogens with two attached hydrogens (primary N) is 1. The Hall–Kier alpha value is -5.09. The molecule has 48 heavy (non-hydrogen) atoms. The van der Waals surface area contributed by atoms with Crippen LogP contribution in [-0.4, -0.2) is 61.3 Å². The van der Waals surface area contributed by atoms with Gasteiger partial charge in [0.15, 0.2) is 9.84 Å². The quantitative estimate of drug-likeness (QED) is 0.393. The minimum Gasteiger partial charge on any atom is -0.444 e. The molecule has 16 heteroatoms. The van der Waals surface area contributed by atoms with E-state index in [0.29, 0.717) is 25.9 Å². The monoisotopic (exact) mass is 688 g/mol. The third-order valence-electron chi connectivity index (χ3n) is 7.28. The SMILES string of the molecule is CC(C)(C)OC(N)=O.CC1=C(C#N)[C@@H](c2ccc(C#N)cc2S(C)(=O)=O)N(C(=O)N2CCCCC2)C(=O)N1c1cccc(C(F)(F)F)c1. The molecule has 2 aromatic rings. The summed E-state index contributed by atoms with van der Waals surface area (Å²) in [6.45, 7) is 7.23. The summed E-state index contributed by atoms with van der Waals surface area (Å²) in [5.41, 5.74) is 2.65. The molecular weight excluding hydrogens is 653 g/mol. The maximum Gasteiger partial charge on any atom is 0.416 e. The third-order valence-corrected chi connectivity index (χ3v) is 8.44. The number of carbonyl (C=O) groups is 3. The van der Waals surface area contributed by atoms with Gasteiger partial charge in [-0.05, 0) is 82.9 Å². The van der Waals surface area contributed by atoms with Gasteiger partial charge in [-0.2, -0.15) is 23.7 Å². The number of hydrogen-bond acceptors (Lipinski definition) is 8. The van der Waals surface area contributed by atoms with E-state index in [9.17, 15) is 46.5 Å². The molecule has 12 nitrogen and oxygen atoms in total. The molecule has 2 heterocycles. The Balaban J connectivity index is 0.000000694. The Kier molecular flexibility index (Phi) is 11.2. The van der Waals surface area contributed by atoms with Gasteiger partial charge in [-0.3, -0.25) is 4.90 Å². The van der Waals surface area contributed by atoms with Gasteiger partial charge in [0.1, 0.15) is 11.6 Å². The molecule has 0 unspecified atom stereocenters. The normalized spacial score (nSPS) is 17.2. The number of likely N-dealkylation sites (tertiary alicyclic amines) is 1. The number of piperidine rings is 1. The van der Waals surface area contributed by atoms with E-state index in [1.807, 2.05) is 12.1 Å². The van der Waals surface area contributed by atoms with Gasteiger partial charge in [0, 0.05) is 25.0 Å². The summed E-state index contributed by atoms with van der Waals surface area (Å²) >= 11 is 0. The fourth-order valence-corrected chi connectivity index (χ4v) is 6.20. The summed E-state index contributed by atoms with van der Waals surface area (Å²) in [5, 5.41) is 19.6. The number of rotatable bonds is 3. The summed E-state index contributed by atoms with van der Waals surface area (Å²) in [4.78, 5) is 40.6. The molecule has 0 aromatic heterocycles. The molecule has 0 spiro atoms. The second-order valence-electron chi connectivity index (χ2n) is 12.0. The molecule has 0 radical (unpaired) electrons. The lowest BCUT2D eigenvalue weighted by molar-refractivity contribution is -0.137. The molecule has 1 fully saturated rings. The molecule has 5 amide bonds. The van der Waals surface area contributed by atoms with Crippen molar-refractivity contribution in [3.05, 3.63) is 70.4 Å². The highest BCUT2D eigenvalue weighted by Gasteiger charge is 2.46. The van der Waals surface area contributed by atoms with Crippen LogP contribution in [0.5, 0.6) is 0 Å². The number of ether oxygens (including phenoxy) is 1. The maximum atomic E-state index is 14.1. The van der Waals surface area contributed by atoms with Crippen molar-refractivity contribution in [2.45, 2.75) is 69.7 Å². The molecule has 0 saturated carbocycles. The summed E-state index contributed by atoms with van der Waals surface area (Å²) in [7, 11) is -4.03. The number of carbonyl (C=O) groups excluding carboxylic acids is 3. The van der Waals surface area contributed by atoms with Gasteiger partial charge in [-0.25, -0.2) is 27.7 Å². The van der Waals surface area contributed by atoms with Crippen molar-refractivity contribution in [3.8, 4) is 12.1 Å². The van der Waals surface area contributed by atoms with E-state index in [-0.39, 0.29) is 33.0 Å². The van der Waals surface area contributed by atoms with Gasteiger partial charge in [-0.15, -0.1) is 0 Å². The number of nitriles is 2. The van der Waals surface area contributed by atoms with E-state index in [1.165, 1.54) is 30.0 Å². The van der Waals surface area contributed by atoms with Crippen LogP contribution in [0.25, 0.3) is 0 Å². The van der Waals surface area contributed by atoms with Crippen LogP contribution in [0.1, 0.15) is 69.7 Å². The van der Waals surface area contributed by atoms with Crippen molar-refractivity contribution in [2.75, 3.05) is 24.2 Å². The van der Waals surface area contributed by atoms with Gasteiger partial charge in [0.05, 0.1) is 39.4 Å². The predicted octanol–water partition coefficient (Wildman–Crippen LogP) is 6.25. The number of nitrogens with zero attached hydrogens (tertiary/aromatic N) is 5. The zero-order valence-corrected chi connectivity index (χ0v) is 27.8. The topological polar surface area (TPSA) is 178 Å². The van der Waals surface area contributed by atoms with Gasteiger partial charge in [-0.1, -0.05) is 12.1 Å². The van der Waals surface area contributed by atoms with E-state index >= 15 is 0 Å². The Labute approximate surface area is 276 Å². The molecule has 0 aliphatic carbocycles. The van der Waals surface area contributed by atoms with Crippen molar-refractivity contribution in [2.24, 2.45) is 5.73 Å². The number of allylic oxidation sites excluding steroid dienone is 1. The van der Waals surface area contributed by atoms with Crippen molar-refractivity contribution in [3.63, 3.8) is 0 Å². The Morgan fingerprint density at radius 3 is 2.10 bits per heavy atom. The number of primary amides is 1. The number of halogens is 3. The first-order valence-corrected chi connectivity index (χ1v) is 16.5. The fourth-order valence-electron chi connectivity index (χ4n) is 5.25. The Bertz CT molecular complexity index is 1820. The molecule has 2 N–H and O–H groups in total. The van der Waals surface area contributed by atoms with Crippen LogP contribution >= 0.6 is 0 Å². The number of imide groups is 1. The molecular formula is C32H35F3N6O6S. The van der Waals surface area contributed by atoms with Crippen LogP contribution in [0.4, 0.5) is 33.2 Å². The molecule has 1 saturated heterocycles. The Morgan fingerprint density at radius 1 is 1.00 bits per heavy atom. The smallest absolute Gasteiger partial charge is 0.416 e. The van der Waals surface area contributed by atoms with Crippen LogP contribution in [-0.2, 0) is 20.8 Å². The lowest BCUT2D eigenvalue weighted by Crippen LogP contribution is -2.56. The van der Waals surface area contributed by atoms with Crippen LogP contribution in [0.15, 0.2) is 58.6 Å². The highest BCUT2D eigenvalue weighted by Crippen LogP contribution is 2.43. The highest BCUT2D eigenvalue weighted by molar-refractivity contribution is 7.90. The summed E-state index contributed by atoms with van der Waals surface area (Å²) in [6, 6.07) is 8.05. The van der Waals surface area contributed by atoms with E-state index in [4.69, 9.17) is 5.73 Å². The lowest BCUT2D eigenvalue weighted by Gasteiger charge is -2.43. The van der Waals surface area contributed by atoms with Crippen LogP contribution in [0.3, 0.4) is 0 Å². The number of alkyl halides is 3. The van der Waals surface area contributed by atoms with Crippen molar-refractivity contribution in [1.29, 1.82) is 10.5 Å². The third kappa shape index (κ3) is 8.63. The minimum atomic E-state index is -4.72. The summed E-state index contributed by atoms with van der Waals surface area (Å²) in [6.07, 6.45) is -2.39. The number of urea groups is 2. The standard InChI is InChI=1S/C27H24F3N5O4S.C5H11NO2/c1-17-22(16-32)24(21-10-9-18(15-31)13-23(21)40(2,38)39)35(25(36)33-11-4-3-5-12-33)26(37)34(17)20-8-6-7-19(14-20)27(28,29)30;1-5(2,3)8-4(6)7/h6-10,13-14,24H,3-5,11-12H2,1-2H3;1-3H3,(H2,6,7)/t24-;/m1./s1. The largest absolute Gasteiger partial charge is 0.444 e. The Morgan fingerprint density at radius 2 is 1.62 bits per heavy atom. The first-order chi connectivity index (χ1) is 22.2. The number of amides is 5. The summed E-state index contributed by atoms with van der Waals surface area (Å²) in [5.74, 6) is 0. The fraction of sp³-hybridized carbons (Fsp3) is 0.406. The molecule has 2 aliphatic rings. The number of sulfone groups is 1. The van der Waals surface area contributed by atoms with E-state index in [2.05, 4.69) is 4.74 Å². The highest BCUT2D eigenvalue weighted by atomic mass is 32.2. The predicted molar refractivity (Wildman–Crippen MR) is 168 cm³/mol. The molecule has 1 atom stereocenters. The number of anilines is 1. The van der Waals surface area contributed by atoms with E-state index < -0.39 is 51.4 Å². The van der Waals surface area contributed by atoms with E-state index in [0.717, 1.165) is 46.7 Å². The lowest BCUT2D eigenvalue weighted by atomic mass is 9.93. The van der Waals surface area contributed by atoms with Crippen LogP contribution in [0.2, 0.25) is 0 Å². The molecule has 4 rings (SSSR count). The van der Waals surface area contributed by atoms with Crippen LogP contribution in [0, 0.1) is 22.7 Å². The van der Waals surface area contributed by atoms with Crippen molar-refractivity contribution < 1.29 is 40.7 Å². The zero-order valence-electron chi connectivity index (χ0n) is 27.0. The number of benzene rings is 2. The van der Waals surface area contributed by atoms with Gasteiger partial charge < -0.3 is 15.4 Å². The molecule has 0 bridgehead atoms. The zero-order chi connectivity index (χ0) is 36.2. The molecule has 256 valence electrons. The number of hydrogen-bond donors (Lipinski definition) is 1. The maximum absolute atomic E-state index is 14.1. The summed E-state index contributed by atoms with van der Waals surface area (Å²) < 4.78 is 70.7. The molecule has 2 aliphatic heterocycles. The molecule has 2 aromatic carbocycles. The first kappa shape index (κ1) is 37.4. The van der Waals surface area contributed by atoms with Crippen molar-refractivity contribution >= 4 is 33.7 Å². The van der Waals surface area contributed by atoms with Gasteiger partial charge >= 0.3 is 24.3 Å².